The first-order valence-electron chi connectivity index (χ1n) is 2.95. The second-order valence-electron chi connectivity index (χ2n) is 1.84. The van der Waals surface area contributed by atoms with Crippen LogP contribution in [-0.2, 0) is 0 Å². The summed E-state index contributed by atoms with van der Waals surface area (Å²) < 4.78 is 34.1. The topological polar surface area (TPSA) is 12.0 Å². The molecule has 0 unspecified atom stereocenters. The Kier molecular flexibility index (Phi) is 4.11. The second kappa shape index (κ2) is 4.33. The molecule has 0 rings (SSSR count). The Morgan fingerprint density at radius 1 is 1.40 bits per heavy atom. The molecular formula is C6H10F3N. The molecule has 0 spiro atoms. The first kappa shape index (κ1) is 9.49. The van der Waals surface area contributed by atoms with Crippen LogP contribution in [-0.4, -0.2) is 19.8 Å². The van der Waals surface area contributed by atoms with Gasteiger partial charge in [0.2, 0.25) is 0 Å². The van der Waals surface area contributed by atoms with Crippen molar-refractivity contribution in [3.8, 4) is 0 Å². The van der Waals surface area contributed by atoms with E-state index in [4.69, 9.17) is 0 Å². The van der Waals surface area contributed by atoms with E-state index in [9.17, 15) is 13.2 Å². The molecule has 0 aromatic rings. The summed E-state index contributed by atoms with van der Waals surface area (Å²) in [5.41, 5.74) is 0. The average molecular weight is 153 g/mol. The molecule has 4 heteroatoms. The maximum absolute atomic E-state index is 11.4. The highest BCUT2D eigenvalue weighted by atomic mass is 19.4. The lowest BCUT2D eigenvalue weighted by Crippen LogP contribution is -2.07. The summed E-state index contributed by atoms with van der Waals surface area (Å²) in [5, 5.41) is 2.74. The summed E-state index contributed by atoms with van der Waals surface area (Å²) in [6.45, 7) is 0.576. The largest absolute Gasteiger partial charge is 0.409 e. The molecule has 0 aliphatic heterocycles. The molecule has 60 valence electrons. The van der Waals surface area contributed by atoms with E-state index >= 15 is 0 Å². The summed E-state index contributed by atoms with van der Waals surface area (Å²) in [7, 11) is 1.70. The zero-order valence-electron chi connectivity index (χ0n) is 5.70. The number of rotatable bonds is 3. The molecule has 0 aliphatic rings. The monoisotopic (exact) mass is 153 g/mol. The fourth-order valence-electron chi connectivity index (χ4n) is 0.445. The molecule has 0 aromatic carbocycles. The Morgan fingerprint density at radius 3 is 2.40 bits per heavy atom. The van der Waals surface area contributed by atoms with E-state index in [2.05, 4.69) is 5.32 Å². The molecule has 0 radical (unpaired) electrons. The average Bonchev–Trinajstić information content (AvgIpc) is 1.78. The van der Waals surface area contributed by atoms with Gasteiger partial charge >= 0.3 is 6.18 Å². The highest BCUT2D eigenvalue weighted by molar-refractivity contribution is 4.88. The quantitative estimate of drug-likeness (QED) is 0.480. The van der Waals surface area contributed by atoms with Gasteiger partial charge in [-0.2, -0.15) is 13.2 Å². The molecule has 1 N–H and O–H groups in total. The van der Waals surface area contributed by atoms with Gasteiger partial charge in [-0.25, -0.2) is 0 Å². The SMILES string of the molecule is CNCCC=CC(F)(F)F. The number of halogens is 3. The molecule has 0 heterocycles. The van der Waals surface area contributed by atoms with Gasteiger partial charge in [-0.05, 0) is 20.0 Å². The fourth-order valence-corrected chi connectivity index (χ4v) is 0.445. The van der Waals surface area contributed by atoms with Crippen molar-refractivity contribution in [1.82, 2.24) is 5.32 Å². The van der Waals surface area contributed by atoms with E-state index in [-0.39, 0.29) is 6.08 Å². The third kappa shape index (κ3) is 7.49. The highest BCUT2D eigenvalue weighted by Gasteiger charge is 2.21. The number of nitrogens with one attached hydrogen (secondary N) is 1. The number of allylic oxidation sites excluding steroid dienone is 1. The van der Waals surface area contributed by atoms with Crippen molar-refractivity contribution in [1.29, 1.82) is 0 Å². The summed E-state index contributed by atoms with van der Waals surface area (Å²) in [6, 6.07) is 0. The molecule has 0 aliphatic carbocycles. The Labute approximate surface area is 57.9 Å². The van der Waals surface area contributed by atoms with E-state index in [0.717, 1.165) is 6.08 Å². The predicted octanol–water partition coefficient (Wildman–Crippen LogP) is 1.71. The molecule has 10 heavy (non-hydrogen) atoms. The lowest BCUT2D eigenvalue weighted by Gasteiger charge is -1.96. The molecule has 1 nitrogen and oxygen atoms in total. The predicted molar refractivity (Wildman–Crippen MR) is 33.7 cm³/mol. The minimum atomic E-state index is -4.16. The van der Waals surface area contributed by atoms with Gasteiger partial charge in [0.05, 0.1) is 0 Å². The van der Waals surface area contributed by atoms with Crippen LogP contribution in [0.5, 0.6) is 0 Å². The van der Waals surface area contributed by atoms with Crippen LogP contribution in [0.4, 0.5) is 13.2 Å². The molecule has 0 fully saturated rings. The molecule has 0 amide bonds. The van der Waals surface area contributed by atoms with Crippen molar-refractivity contribution in [3.63, 3.8) is 0 Å². The highest BCUT2D eigenvalue weighted by Crippen LogP contribution is 2.15. The van der Waals surface area contributed by atoms with Crippen LogP contribution in [0.1, 0.15) is 6.42 Å². The Balaban J connectivity index is 3.37. The van der Waals surface area contributed by atoms with Crippen LogP contribution >= 0.6 is 0 Å². The zero-order chi connectivity index (χ0) is 8.04. The molecule has 0 atom stereocenters. The first-order chi connectivity index (χ1) is 4.56. The van der Waals surface area contributed by atoms with Crippen molar-refractivity contribution in [2.45, 2.75) is 12.6 Å². The maximum Gasteiger partial charge on any atom is 0.409 e. The van der Waals surface area contributed by atoms with Crippen LogP contribution in [0.3, 0.4) is 0 Å². The normalized spacial score (nSPS) is 12.8. The van der Waals surface area contributed by atoms with Crippen molar-refractivity contribution >= 4 is 0 Å². The first-order valence-corrected chi connectivity index (χ1v) is 2.95. The Bertz CT molecular complexity index is 106. The fraction of sp³-hybridized carbons (Fsp3) is 0.667. The van der Waals surface area contributed by atoms with Crippen LogP contribution in [0.15, 0.2) is 12.2 Å². The van der Waals surface area contributed by atoms with Gasteiger partial charge in [-0.1, -0.05) is 6.08 Å². The van der Waals surface area contributed by atoms with E-state index in [1.807, 2.05) is 0 Å². The van der Waals surface area contributed by atoms with Crippen molar-refractivity contribution in [2.75, 3.05) is 13.6 Å². The van der Waals surface area contributed by atoms with Gasteiger partial charge in [0.1, 0.15) is 0 Å². The van der Waals surface area contributed by atoms with Crippen molar-refractivity contribution in [3.05, 3.63) is 12.2 Å². The Morgan fingerprint density at radius 2 is 2.00 bits per heavy atom. The van der Waals surface area contributed by atoms with E-state index in [1.165, 1.54) is 0 Å². The van der Waals surface area contributed by atoms with Gasteiger partial charge in [-0.15, -0.1) is 0 Å². The molecular weight excluding hydrogens is 143 g/mol. The zero-order valence-corrected chi connectivity index (χ0v) is 5.70. The molecule has 0 aromatic heterocycles. The number of alkyl halides is 3. The number of hydrogen-bond donors (Lipinski definition) is 1. The van der Waals surface area contributed by atoms with Crippen molar-refractivity contribution < 1.29 is 13.2 Å². The molecule has 0 saturated heterocycles. The van der Waals surface area contributed by atoms with E-state index in [1.54, 1.807) is 7.05 Å². The minimum absolute atomic E-state index is 0.254. The van der Waals surface area contributed by atoms with Gasteiger partial charge in [0.15, 0.2) is 0 Å². The summed E-state index contributed by atoms with van der Waals surface area (Å²) >= 11 is 0. The lowest BCUT2D eigenvalue weighted by atomic mass is 10.4. The van der Waals surface area contributed by atoms with Gasteiger partial charge in [-0.3, -0.25) is 0 Å². The smallest absolute Gasteiger partial charge is 0.319 e. The van der Waals surface area contributed by atoms with Gasteiger partial charge in [0, 0.05) is 6.08 Å². The van der Waals surface area contributed by atoms with Gasteiger partial charge < -0.3 is 5.32 Å². The Hall–Kier alpha value is -0.510. The van der Waals surface area contributed by atoms with Crippen molar-refractivity contribution in [2.24, 2.45) is 0 Å². The maximum atomic E-state index is 11.4. The summed E-state index contributed by atoms with van der Waals surface area (Å²) in [5.74, 6) is 0. The van der Waals surface area contributed by atoms with Crippen LogP contribution < -0.4 is 5.32 Å². The second-order valence-corrected chi connectivity index (χ2v) is 1.84. The summed E-state index contributed by atoms with van der Waals surface area (Å²) in [4.78, 5) is 0. The molecule has 0 bridgehead atoms. The lowest BCUT2D eigenvalue weighted by molar-refractivity contribution is -0.0800. The minimum Gasteiger partial charge on any atom is -0.319 e. The summed E-state index contributed by atoms with van der Waals surface area (Å²) in [6.07, 6.45) is -2.38. The van der Waals surface area contributed by atoms with Crippen LogP contribution in [0, 0.1) is 0 Å². The van der Waals surface area contributed by atoms with E-state index < -0.39 is 6.18 Å². The third-order valence-corrected chi connectivity index (χ3v) is 0.868. The van der Waals surface area contributed by atoms with Crippen LogP contribution in [0.2, 0.25) is 0 Å². The van der Waals surface area contributed by atoms with Crippen LogP contribution in [0.25, 0.3) is 0 Å². The number of hydrogen-bond acceptors (Lipinski definition) is 1. The standard InChI is InChI=1S/C6H10F3N/c1-10-5-3-2-4-6(7,8)9/h2,4,10H,3,5H2,1H3. The van der Waals surface area contributed by atoms with E-state index in [0.29, 0.717) is 13.0 Å². The van der Waals surface area contributed by atoms with Gasteiger partial charge in [0.25, 0.3) is 0 Å². The molecule has 0 saturated carbocycles. The third-order valence-electron chi connectivity index (χ3n) is 0.868.